The van der Waals surface area contributed by atoms with E-state index < -0.39 is 0 Å². The maximum atomic E-state index is 5.97. The lowest BCUT2D eigenvalue weighted by molar-refractivity contribution is 0.327. The second-order valence-electron chi connectivity index (χ2n) is 8.47. The number of hydrogen-bond donors (Lipinski definition) is 1. The molecule has 36 heavy (non-hydrogen) atoms. The smallest absolute Gasteiger partial charge is 0.204 e. The largest absolute Gasteiger partial charge is 0.492 e. The van der Waals surface area contributed by atoms with Gasteiger partial charge in [-0.3, -0.25) is 4.99 Å². The third-order valence-corrected chi connectivity index (χ3v) is 6.24. The molecule has 1 N–H and O–H groups in total. The molecule has 0 atom stereocenters. The van der Waals surface area contributed by atoms with Crippen molar-refractivity contribution in [3.05, 3.63) is 96.1 Å². The van der Waals surface area contributed by atoms with E-state index >= 15 is 0 Å². The average Bonchev–Trinajstić information content (AvgIpc) is 3.32. The van der Waals surface area contributed by atoms with Crippen LogP contribution in [-0.4, -0.2) is 32.5 Å². The normalized spacial score (nSPS) is 11.2. The fraction of sp³-hybridized carbons (Fsp3) is 0.129. The van der Waals surface area contributed by atoms with E-state index in [1.807, 2.05) is 60.8 Å². The number of nitrogens with zero attached hydrogens (tertiary/aromatic N) is 1. The zero-order valence-corrected chi connectivity index (χ0v) is 20.8. The van der Waals surface area contributed by atoms with Gasteiger partial charge in [0.15, 0.2) is 11.5 Å². The van der Waals surface area contributed by atoms with Gasteiger partial charge in [0.05, 0.1) is 49.2 Å². The van der Waals surface area contributed by atoms with Crippen molar-refractivity contribution in [2.24, 2.45) is 4.99 Å². The molecule has 5 rings (SSSR count). The van der Waals surface area contributed by atoms with Crippen LogP contribution in [0.4, 0.5) is 5.69 Å². The molecule has 0 radical (unpaired) electrons. The Kier molecular flexibility index (Phi) is 6.46. The van der Waals surface area contributed by atoms with Gasteiger partial charge in [0.2, 0.25) is 5.75 Å². The van der Waals surface area contributed by atoms with E-state index in [1.165, 1.54) is 0 Å². The van der Waals surface area contributed by atoms with Crippen molar-refractivity contribution >= 4 is 22.8 Å². The molecule has 5 nitrogen and oxygen atoms in total. The van der Waals surface area contributed by atoms with Gasteiger partial charge in [0.25, 0.3) is 0 Å². The van der Waals surface area contributed by atoms with Crippen LogP contribution in [-0.2, 0) is 0 Å². The summed E-state index contributed by atoms with van der Waals surface area (Å²) in [6, 6.07) is 28.6. The summed E-state index contributed by atoms with van der Waals surface area (Å²) in [6.07, 6.45) is 1.83. The van der Waals surface area contributed by atoms with Crippen LogP contribution in [0.1, 0.15) is 11.1 Å². The molecule has 0 fully saturated rings. The fourth-order valence-corrected chi connectivity index (χ4v) is 4.65. The van der Waals surface area contributed by atoms with Gasteiger partial charge in [-0.05, 0) is 35.7 Å². The summed E-state index contributed by atoms with van der Waals surface area (Å²) in [7, 11) is 4.91. The first-order valence-electron chi connectivity index (χ1n) is 11.8. The molecular formula is C31H28N2O3. The Bertz CT molecular complexity index is 1540. The van der Waals surface area contributed by atoms with Crippen LogP contribution in [0.25, 0.3) is 33.3 Å². The van der Waals surface area contributed by atoms with E-state index in [-0.39, 0.29) is 0 Å². The highest BCUT2D eigenvalue weighted by atomic mass is 16.5. The number of aryl methyl sites for hydroxylation is 1. The highest BCUT2D eigenvalue weighted by molar-refractivity contribution is 6.15. The van der Waals surface area contributed by atoms with Crippen molar-refractivity contribution in [2.75, 3.05) is 21.3 Å². The molecule has 0 saturated heterocycles. The minimum Gasteiger partial charge on any atom is -0.492 e. The summed E-state index contributed by atoms with van der Waals surface area (Å²) in [5.74, 6) is 1.68. The van der Waals surface area contributed by atoms with E-state index in [1.54, 1.807) is 21.3 Å². The number of aromatic nitrogens is 1. The van der Waals surface area contributed by atoms with Crippen molar-refractivity contribution in [3.63, 3.8) is 0 Å². The van der Waals surface area contributed by atoms with Gasteiger partial charge in [-0.1, -0.05) is 72.8 Å². The lowest BCUT2D eigenvalue weighted by Crippen LogP contribution is -2.00. The third-order valence-electron chi connectivity index (χ3n) is 6.24. The number of hydrogen-bond acceptors (Lipinski definition) is 4. The number of fused-ring (bicyclic) bond motifs is 1. The van der Waals surface area contributed by atoms with Crippen LogP contribution in [0.15, 0.2) is 89.9 Å². The highest BCUT2D eigenvalue weighted by Gasteiger charge is 2.27. The molecule has 0 amide bonds. The predicted molar refractivity (Wildman–Crippen MR) is 147 cm³/mol. The first kappa shape index (κ1) is 23.2. The molecule has 1 aromatic heterocycles. The standard InChI is InChI=1S/C31H28N2O3/c1-20-12-11-17-23(18-20)32-19-24-28-26(30(35-3)31(36-4)29(24)34-2)25(21-13-7-5-8-14-21)27(33-28)22-15-9-6-10-16-22/h5-19,33H,1-4H3. The van der Waals surface area contributed by atoms with Crippen LogP contribution in [0.2, 0.25) is 0 Å². The molecule has 0 bridgehead atoms. The molecule has 5 aromatic rings. The van der Waals surface area contributed by atoms with Crippen LogP contribution in [0.3, 0.4) is 0 Å². The van der Waals surface area contributed by atoms with Crippen LogP contribution in [0.5, 0.6) is 17.2 Å². The number of benzene rings is 4. The molecule has 0 saturated carbocycles. The van der Waals surface area contributed by atoms with Crippen molar-refractivity contribution < 1.29 is 14.2 Å². The van der Waals surface area contributed by atoms with Crippen molar-refractivity contribution in [2.45, 2.75) is 6.92 Å². The maximum Gasteiger partial charge on any atom is 0.204 e. The molecule has 1 heterocycles. The summed E-state index contributed by atoms with van der Waals surface area (Å²) in [5.41, 5.74) is 7.79. The second kappa shape index (κ2) is 10.0. The summed E-state index contributed by atoms with van der Waals surface area (Å²) in [4.78, 5) is 8.48. The SMILES string of the molecule is COc1c(OC)c(OC)c2c(-c3ccccc3)c(-c3ccccc3)[nH]c2c1C=Nc1cccc(C)c1. The monoisotopic (exact) mass is 476 g/mol. The van der Waals surface area contributed by atoms with Crippen molar-refractivity contribution in [1.82, 2.24) is 4.98 Å². The van der Waals surface area contributed by atoms with E-state index in [4.69, 9.17) is 19.2 Å². The van der Waals surface area contributed by atoms with Crippen LogP contribution < -0.4 is 14.2 Å². The zero-order chi connectivity index (χ0) is 25.1. The quantitative estimate of drug-likeness (QED) is 0.246. The first-order chi connectivity index (χ1) is 17.7. The summed E-state index contributed by atoms with van der Waals surface area (Å²) < 4.78 is 17.7. The molecular weight excluding hydrogens is 448 g/mol. The van der Waals surface area contributed by atoms with Gasteiger partial charge in [-0.25, -0.2) is 0 Å². The molecule has 4 aromatic carbocycles. The number of rotatable bonds is 7. The van der Waals surface area contributed by atoms with E-state index in [2.05, 4.69) is 42.2 Å². The summed E-state index contributed by atoms with van der Waals surface area (Å²) >= 11 is 0. The Morgan fingerprint density at radius 3 is 1.94 bits per heavy atom. The van der Waals surface area contributed by atoms with Gasteiger partial charge in [-0.2, -0.15) is 0 Å². The molecule has 5 heteroatoms. The molecule has 0 aliphatic heterocycles. The van der Waals surface area contributed by atoms with Gasteiger partial charge >= 0.3 is 0 Å². The molecule has 180 valence electrons. The minimum absolute atomic E-state index is 0.522. The van der Waals surface area contributed by atoms with Crippen LogP contribution in [0, 0.1) is 6.92 Å². The first-order valence-corrected chi connectivity index (χ1v) is 11.8. The Balaban J connectivity index is 1.90. The van der Waals surface area contributed by atoms with Gasteiger partial charge in [0, 0.05) is 11.8 Å². The summed E-state index contributed by atoms with van der Waals surface area (Å²) in [5, 5.41) is 0.908. The lowest BCUT2D eigenvalue weighted by Gasteiger charge is -2.17. The second-order valence-corrected chi connectivity index (χ2v) is 8.47. The Morgan fingerprint density at radius 1 is 0.694 bits per heavy atom. The van der Waals surface area contributed by atoms with Crippen molar-refractivity contribution in [1.29, 1.82) is 0 Å². The fourth-order valence-electron chi connectivity index (χ4n) is 4.65. The number of aliphatic imine (C=N–C) groups is 1. The predicted octanol–water partition coefficient (Wildman–Crippen LogP) is 7.59. The van der Waals surface area contributed by atoms with Gasteiger partial charge in [-0.15, -0.1) is 0 Å². The zero-order valence-electron chi connectivity index (χ0n) is 20.8. The van der Waals surface area contributed by atoms with E-state index in [0.29, 0.717) is 17.2 Å². The van der Waals surface area contributed by atoms with Crippen LogP contribution >= 0.6 is 0 Å². The molecule has 0 aliphatic carbocycles. The third kappa shape index (κ3) is 4.09. The number of methoxy groups -OCH3 is 3. The lowest BCUT2D eigenvalue weighted by atomic mass is 9.96. The van der Waals surface area contributed by atoms with E-state index in [9.17, 15) is 0 Å². The van der Waals surface area contributed by atoms with Gasteiger partial charge < -0.3 is 19.2 Å². The van der Waals surface area contributed by atoms with E-state index in [0.717, 1.165) is 50.1 Å². The summed E-state index contributed by atoms with van der Waals surface area (Å²) in [6.45, 7) is 2.05. The number of aromatic amines is 1. The number of nitrogens with one attached hydrogen (secondary N) is 1. The van der Waals surface area contributed by atoms with Gasteiger partial charge in [0.1, 0.15) is 0 Å². The topological polar surface area (TPSA) is 55.8 Å². The minimum atomic E-state index is 0.522. The Hall–Kier alpha value is -4.51. The van der Waals surface area contributed by atoms with Crippen molar-refractivity contribution in [3.8, 4) is 39.6 Å². The molecule has 0 unspecified atom stereocenters. The average molecular weight is 477 g/mol. The molecule has 0 aliphatic rings. The Morgan fingerprint density at radius 2 is 1.33 bits per heavy atom. The Labute approximate surface area is 211 Å². The highest BCUT2D eigenvalue weighted by Crippen LogP contribution is 2.51. The molecule has 0 spiro atoms. The maximum absolute atomic E-state index is 5.97. The number of ether oxygens (including phenoxy) is 3. The number of H-pyrrole nitrogens is 1.